The third kappa shape index (κ3) is 2.77. The lowest BCUT2D eigenvalue weighted by Crippen LogP contribution is -2.25. The van der Waals surface area contributed by atoms with Crippen LogP contribution in [0, 0.1) is 11.7 Å². The van der Waals surface area contributed by atoms with Crippen LogP contribution in [0.15, 0.2) is 23.3 Å². The number of hydrogen-bond acceptors (Lipinski definition) is 3. The molecule has 0 radical (unpaired) electrons. The molecule has 0 aromatic heterocycles. The van der Waals surface area contributed by atoms with E-state index in [2.05, 4.69) is 10.0 Å². The first kappa shape index (κ1) is 13.2. The van der Waals surface area contributed by atoms with Crippen molar-refractivity contribution in [2.45, 2.75) is 6.42 Å². The van der Waals surface area contributed by atoms with E-state index in [-0.39, 0.29) is 30.5 Å². The first-order valence-corrected chi connectivity index (χ1v) is 5.80. The summed E-state index contributed by atoms with van der Waals surface area (Å²) in [6.07, 6.45) is 0.268. The van der Waals surface area contributed by atoms with E-state index in [1.54, 1.807) is 6.07 Å². The fraction of sp³-hybridized carbons (Fsp3) is 0.417. The number of hydrogen-bond donors (Lipinski definition) is 0. The van der Waals surface area contributed by atoms with Gasteiger partial charge in [0.2, 0.25) is 5.91 Å². The predicted molar refractivity (Wildman–Crippen MR) is 67.4 cm³/mol. The molecule has 2 rings (SSSR count). The molecular weight excluding hydrogens is 251 g/mol. The summed E-state index contributed by atoms with van der Waals surface area (Å²) < 4.78 is 18.8. The number of nitrogens with zero attached hydrogens (tertiary/aromatic N) is 4. The van der Waals surface area contributed by atoms with Crippen LogP contribution in [0.25, 0.3) is 10.4 Å². The van der Waals surface area contributed by atoms with Gasteiger partial charge < -0.3 is 9.64 Å². The van der Waals surface area contributed by atoms with E-state index in [4.69, 9.17) is 10.3 Å². The third-order valence-electron chi connectivity index (χ3n) is 3.05. The molecule has 1 aromatic rings. The summed E-state index contributed by atoms with van der Waals surface area (Å²) in [6.45, 7) is 0.609. The fourth-order valence-electron chi connectivity index (χ4n) is 2.12. The Morgan fingerprint density at radius 3 is 3.05 bits per heavy atom. The van der Waals surface area contributed by atoms with E-state index in [9.17, 15) is 9.18 Å². The average molecular weight is 264 g/mol. The van der Waals surface area contributed by atoms with Crippen LogP contribution in [-0.2, 0) is 4.79 Å². The lowest BCUT2D eigenvalue weighted by molar-refractivity contribution is -0.117. The summed E-state index contributed by atoms with van der Waals surface area (Å²) in [5, 5.41) is 3.45. The molecule has 1 amide bonds. The van der Waals surface area contributed by atoms with Gasteiger partial charge >= 0.3 is 0 Å². The van der Waals surface area contributed by atoms with Crippen LogP contribution < -0.4 is 9.64 Å². The Morgan fingerprint density at radius 2 is 2.42 bits per heavy atom. The van der Waals surface area contributed by atoms with Crippen LogP contribution in [0.2, 0.25) is 0 Å². The number of azide groups is 1. The van der Waals surface area contributed by atoms with Gasteiger partial charge in [-0.1, -0.05) is 5.11 Å². The highest BCUT2D eigenvalue weighted by molar-refractivity contribution is 5.95. The Morgan fingerprint density at radius 1 is 1.63 bits per heavy atom. The Kier molecular flexibility index (Phi) is 3.87. The summed E-state index contributed by atoms with van der Waals surface area (Å²) in [7, 11) is 1.45. The summed E-state index contributed by atoms with van der Waals surface area (Å²) in [4.78, 5) is 15.9. The highest BCUT2D eigenvalue weighted by Gasteiger charge is 2.31. The van der Waals surface area contributed by atoms with Crippen molar-refractivity contribution < 1.29 is 13.9 Å². The smallest absolute Gasteiger partial charge is 0.227 e. The Bertz CT molecular complexity index is 543. The van der Waals surface area contributed by atoms with E-state index in [1.165, 1.54) is 24.1 Å². The Balaban J connectivity index is 2.18. The zero-order chi connectivity index (χ0) is 13.8. The van der Waals surface area contributed by atoms with Gasteiger partial charge in [0.25, 0.3) is 0 Å². The molecule has 1 aromatic carbocycles. The molecule has 0 spiro atoms. The van der Waals surface area contributed by atoms with Gasteiger partial charge in [0.05, 0.1) is 12.8 Å². The largest absolute Gasteiger partial charge is 0.497 e. The molecule has 1 fully saturated rings. The molecule has 0 aliphatic carbocycles. The van der Waals surface area contributed by atoms with Crippen LogP contribution in [0.4, 0.5) is 10.1 Å². The molecule has 1 heterocycles. The molecule has 1 unspecified atom stereocenters. The van der Waals surface area contributed by atoms with Gasteiger partial charge in [0.15, 0.2) is 5.82 Å². The second-order valence-electron chi connectivity index (χ2n) is 4.31. The quantitative estimate of drug-likeness (QED) is 0.475. The molecule has 1 aliphatic rings. The van der Waals surface area contributed by atoms with E-state index >= 15 is 0 Å². The lowest BCUT2D eigenvalue weighted by Gasteiger charge is -2.17. The third-order valence-corrected chi connectivity index (χ3v) is 3.05. The molecular formula is C12H13FN4O2. The highest BCUT2D eigenvalue weighted by atomic mass is 19.1. The molecule has 6 nitrogen and oxygen atoms in total. The van der Waals surface area contributed by atoms with E-state index in [1.807, 2.05) is 0 Å². The van der Waals surface area contributed by atoms with Crippen LogP contribution in [0.3, 0.4) is 0 Å². The predicted octanol–water partition coefficient (Wildman–Crippen LogP) is 2.50. The van der Waals surface area contributed by atoms with Crippen molar-refractivity contribution in [2.24, 2.45) is 11.0 Å². The van der Waals surface area contributed by atoms with Crippen molar-refractivity contribution in [3.63, 3.8) is 0 Å². The first-order valence-electron chi connectivity index (χ1n) is 5.80. The summed E-state index contributed by atoms with van der Waals surface area (Å²) in [5.74, 6) is -0.331. The Hall–Kier alpha value is -2.27. The van der Waals surface area contributed by atoms with Crippen molar-refractivity contribution in [1.29, 1.82) is 0 Å². The van der Waals surface area contributed by atoms with Gasteiger partial charge in [-0.3, -0.25) is 4.79 Å². The minimum atomic E-state index is -0.503. The molecule has 19 heavy (non-hydrogen) atoms. The summed E-state index contributed by atoms with van der Waals surface area (Å²) in [5.41, 5.74) is 8.49. The zero-order valence-electron chi connectivity index (χ0n) is 10.4. The number of methoxy groups -OCH3 is 1. The standard InChI is InChI=1S/C12H13FN4O2/c1-19-9-2-3-11(10(13)5-9)17-7-8(4-12(17)18)6-15-16-14/h2-3,5,8H,4,6-7H2,1H3. The van der Waals surface area contributed by atoms with Crippen LogP contribution in [0.5, 0.6) is 5.75 Å². The topological polar surface area (TPSA) is 78.3 Å². The molecule has 1 aliphatic heterocycles. The van der Waals surface area contributed by atoms with E-state index < -0.39 is 5.82 Å². The van der Waals surface area contributed by atoms with Crippen LogP contribution in [0.1, 0.15) is 6.42 Å². The van der Waals surface area contributed by atoms with Gasteiger partial charge in [-0.15, -0.1) is 0 Å². The van der Waals surface area contributed by atoms with Crippen LogP contribution in [-0.4, -0.2) is 26.1 Å². The van der Waals surface area contributed by atoms with Crippen molar-refractivity contribution in [1.82, 2.24) is 0 Å². The normalized spacial score (nSPS) is 18.3. The maximum Gasteiger partial charge on any atom is 0.227 e. The van der Waals surface area contributed by atoms with Crippen molar-refractivity contribution in [3.05, 3.63) is 34.5 Å². The Labute approximate surface area is 109 Å². The van der Waals surface area contributed by atoms with Crippen molar-refractivity contribution >= 4 is 11.6 Å². The highest BCUT2D eigenvalue weighted by Crippen LogP contribution is 2.29. The number of halogens is 1. The molecule has 0 bridgehead atoms. The monoisotopic (exact) mass is 264 g/mol. The maximum atomic E-state index is 13.9. The maximum absolute atomic E-state index is 13.9. The van der Waals surface area contributed by atoms with Gasteiger partial charge in [0.1, 0.15) is 5.75 Å². The molecule has 0 N–H and O–H groups in total. The van der Waals surface area contributed by atoms with E-state index in [0.717, 1.165) is 0 Å². The second-order valence-corrected chi connectivity index (χ2v) is 4.31. The number of ether oxygens (including phenoxy) is 1. The van der Waals surface area contributed by atoms with Crippen molar-refractivity contribution in [3.8, 4) is 5.75 Å². The zero-order valence-corrected chi connectivity index (χ0v) is 10.4. The average Bonchev–Trinajstić information content (AvgIpc) is 2.77. The minimum absolute atomic E-state index is 0.0649. The van der Waals surface area contributed by atoms with Gasteiger partial charge in [-0.2, -0.15) is 0 Å². The first-order chi connectivity index (χ1) is 9.15. The van der Waals surface area contributed by atoms with Crippen LogP contribution >= 0.6 is 0 Å². The molecule has 0 saturated carbocycles. The number of amides is 1. The summed E-state index contributed by atoms with van der Waals surface area (Å²) >= 11 is 0. The van der Waals surface area contributed by atoms with Crippen molar-refractivity contribution in [2.75, 3.05) is 25.1 Å². The van der Waals surface area contributed by atoms with Gasteiger partial charge in [-0.05, 0) is 23.6 Å². The SMILES string of the molecule is COc1ccc(N2CC(CN=[N+]=[N-])CC2=O)c(F)c1. The van der Waals surface area contributed by atoms with Gasteiger partial charge in [-0.25, -0.2) is 4.39 Å². The molecule has 1 atom stereocenters. The van der Waals surface area contributed by atoms with E-state index in [0.29, 0.717) is 12.3 Å². The number of anilines is 1. The summed E-state index contributed by atoms with van der Waals surface area (Å²) in [6, 6.07) is 4.36. The number of benzene rings is 1. The minimum Gasteiger partial charge on any atom is -0.497 e. The fourth-order valence-corrected chi connectivity index (χ4v) is 2.12. The number of rotatable bonds is 4. The van der Waals surface area contributed by atoms with Gasteiger partial charge in [0, 0.05) is 30.5 Å². The number of carbonyl (C=O) groups excluding carboxylic acids is 1. The molecule has 1 saturated heterocycles. The molecule has 100 valence electrons. The lowest BCUT2D eigenvalue weighted by atomic mass is 10.1. The second kappa shape index (κ2) is 5.58. The number of carbonyl (C=O) groups is 1. The molecule has 7 heteroatoms.